The number of anilines is 3. The third-order valence-electron chi connectivity index (χ3n) is 6.87. The molecule has 2 amide bonds. The van der Waals surface area contributed by atoms with Crippen LogP contribution in [0.15, 0.2) is 72.8 Å². The lowest BCUT2D eigenvalue weighted by Gasteiger charge is -2.30. The molecule has 1 N–H and O–H groups in total. The van der Waals surface area contributed by atoms with Crippen molar-refractivity contribution in [3.63, 3.8) is 0 Å². The normalized spacial score (nSPS) is 13.0. The summed E-state index contributed by atoms with van der Waals surface area (Å²) in [6.07, 6.45) is 3.63. The lowest BCUT2D eigenvalue weighted by Crippen LogP contribution is -2.37. The predicted octanol–water partition coefficient (Wildman–Crippen LogP) is 6.60. The Balaban J connectivity index is 1.43. The van der Waals surface area contributed by atoms with Gasteiger partial charge in [-0.25, -0.2) is 0 Å². The molecule has 3 aromatic carbocycles. The Morgan fingerprint density at radius 2 is 1.42 bits per heavy atom. The summed E-state index contributed by atoms with van der Waals surface area (Å²) in [6, 6.07) is 24.2. The van der Waals surface area contributed by atoms with Crippen LogP contribution in [0.2, 0.25) is 0 Å². The quantitative estimate of drug-likeness (QED) is 0.349. The molecule has 0 radical (unpaired) electrons. The Labute approximate surface area is 215 Å². The molecule has 0 aliphatic carbocycles. The molecule has 0 atom stereocenters. The molecule has 0 spiro atoms. The Morgan fingerprint density at radius 1 is 0.806 bits per heavy atom. The highest BCUT2D eigenvalue weighted by Gasteiger charge is 2.28. The molecule has 5 heteroatoms. The number of amides is 2. The molecule has 0 saturated carbocycles. The van der Waals surface area contributed by atoms with E-state index in [2.05, 4.69) is 62.2 Å². The highest BCUT2D eigenvalue weighted by atomic mass is 16.2. The minimum Gasteiger partial charge on any atom is -0.320 e. The van der Waals surface area contributed by atoms with Gasteiger partial charge < -0.3 is 5.32 Å². The van der Waals surface area contributed by atoms with Crippen molar-refractivity contribution >= 4 is 28.9 Å². The van der Waals surface area contributed by atoms with Crippen molar-refractivity contribution in [3.8, 4) is 0 Å². The molecule has 0 aromatic heterocycles. The number of carbonyl (C=O) groups excluding carboxylic acids is 2. The fourth-order valence-electron chi connectivity index (χ4n) is 5.04. The zero-order chi connectivity index (χ0) is 25.7. The summed E-state index contributed by atoms with van der Waals surface area (Å²) in [7, 11) is 0. The number of nitrogens with zero attached hydrogens (tertiary/aromatic N) is 2. The fourth-order valence-corrected chi connectivity index (χ4v) is 5.04. The topological polar surface area (TPSA) is 52.7 Å². The van der Waals surface area contributed by atoms with Gasteiger partial charge in [0.25, 0.3) is 5.91 Å². The second kappa shape index (κ2) is 11.5. The molecule has 0 saturated heterocycles. The maximum atomic E-state index is 13.6. The average Bonchev–Trinajstić information content (AvgIpc) is 2.98. The lowest BCUT2D eigenvalue weighted by atomic mass is 10.0. The van der Waals surface area contributed by atoms with E-state index in [1.165, 1.54) is 12.0 Å². The first-order valence-electron chi connectivity index (χ1n) is 13.0. The number of hydrogen-bond acceptors (Lipinski definition) is 3. The van der Waals surface area contributed by atoms with Crippen LogP contribution in [0.5, 0.6) is 0 Å². The van der Waals surface area contributed by atoms with Crippen LogP contribution in [-0.2, 0) is 17.6 Å². The minimum absolute atomic E-state index is 0.0680. The van der Waals surface area contributed by atoms with E-state index in [4.69, 9.17) is 0 Å². The largest absolute Gasteiger partial charge is 0.320 e. The fraction of sp³-hybridized carbons (Fsp3) is 0.355. The van der Waals surface area contributed by atoms with E-state index in [0.717, 1.165) is 24.9 Å². The van der Waals surface area contributed by atoms with Crippen molar-refractivity contribution in [2.45, 2.75) is 65.5 Å². The summed E-state index contributed by atoms with van der Waals surface area (Å²) < 4.78 is 0. The van der Waals surface area contributed by atoms with Gasteiger partial charge in [-0.1, -0.05) is 48.5 Å². The van der Waals surface area contributed by atoms with Crippen molar-refractivity contribution in [1.29, 1.82) is 0 Å². The van der Waals surface area contributed by atoms with E-state index in [9.17, 15) is 9.59 Å². The SMILES string of the molecule is CC(C)N(CCCCc1ccc(CC(=O)N2c3ccccc3NC(=O)c3ccccc32)cc1)C(C)C. The number of hydrogen-bond donors (Lipinski definition) is 1. The number of rotatable bonds is 9. The summed E-state index contributed by atoms with van der Waals surface area (Å²) in [5, 5.41) is 2.94. The molecule has 5 nitrogen and oxygen atoms in total. The van der Waals surface area contributed by atoms with Gasteiger partial charge in [-0.3, -0.25) is 19.4 Å². The van der Waals surface area contributed by atoms with Crippen molar-refractivity contribution in [2.75, 3.05) is 16.8 Å². The van der Waals surface area contributed by atoms with Crippen LogP contribution in [0.3, 0.4) is 0 Å². The zero-order valence-electron chi connectivity index (χ0n) is 21.8. The van der Waals surface area contributed by atoms with Gasteiger partial charge in [0.2, 0.25) is 5.91 Å². The van der Waals surface area contributed by atoms with Crippen LogP contribution < -0.4 is 10.2 Å². The predicted molar refractivity (Wildman–Crippen MR) is 148 cm³/mol. The monoisotopic (exact) mass is 483 g/mol. The van der Waals surface area contributed by atoms with Crippen LogP contribution in [0.1, 0.15) is 62.0 Å². The first-order chi connectivity index (χ1) is 17.3. The Morgan fingerprint density at radius 3 is 2.11 bits per heavy atom. The number of carbonyl (C=O) groups is 2. The molecular weight excluding hydrogens is 446 g/mol. The Hall–Kier alpha value is -3.44. The van der Waals surface area contributed by atoms with Gasteiger partial charge in [0.05, 0.1) is 29.0 Å². The van der Waals surface area contributed by atoms with E-state index in [-0.39, 0.29) is 18.2 Å². The van der Waals surface area contributed by atoms with E-state index in [1.54, 1.807) is 11.0 Å². The second-order valence-electron chi connectivity index (χ2n) is 10.1. The van der Waals surface area contributed by atoms with Crippen molar-refractivity contribution in [2.24, 2.45) is 0 Å². The molecule has 36 heavy (non-hydrogen) atoms. The van der Waals surface area contributed by atoms with Gasteiger partial charge in [-0.15, -0.1) is 0 Å². The number of fused-ring (bicyclic) bond motifs is 2. The summed E-state index contributed by atoms with van der Waals surface area (Å²) >= 11 is 0. The van der Waals surface area contributed by atoms with Crippen LogP contribution in [0.4, 0.5) is 17.1 Å². The summed E-state index contributed by atoms with van der Waals surface area (Å²) in [5.41, 5.74) is 4.69. The van der Waals surface area contributed by atoms with Gasteiger partial charge >= 0.3 is 0 Å². The maximum absolute atomic E-state index is 13.6. The van der Waals surface area contributed by atoms with E-state index >= 15 is 0 Å². The highest BCUT2D eigenvalue weighted by Crippen LogP contribution is 2.38. The highest BCUT2D eigenvalue weighted by molar-refractivity contribution is 6.17. The minimum atomic E-state index is -0.206. The van der Waals surface area contributed by atoms with E-state index in [0.29, 0.717) is 34.7 Å². The molecule has 1 aliphatic rings. The zero-order valence-corrected chi connectivity index (χ0v) is 21.8. The lowest BCUT2D eigenvalue weighted by molar-refractivity contribution is -0.117. The first kappa shape index (κ1) is 25.6. The molecule has 0 bridgehead atoms. The molecule has 0 unspecified atom stereocenters. The van der Waals surface area contributed by atoms with Crippen LogP contribution in [0, 0.1) is 0 Å². The average molecular weight is 484 g/mol. The van der Waals surface area contributed by atoms with Gasteiger partial charge in [-0.2, -0.15) is 0 Å². The number of para-hydroxylation sites is 3. The maximum Gasteiger partial charge on any atom is 0.257 e. The molecule has 0 fully saturated rings. The number of nitrogens with one attached hydrogen (secondary N) is 1. The van der Waals surface area contributed by atoms with Gasteiger partial charge in [0.1, 0.15) is 0 Å². The van der Waals surface area contributed by atoms with Gasteiger partial charge in [0, 0.05) is 12.1 Å². The summed E-state index contributed by atoms with van der Waals surface area (Å²) in [5.74, 6) is -0.274. The van der Waals surface area contributed by atoms with Crippen LogP contribution >= 0.6 is 0 Å². The second-order valence-corrected chi connectivity index (χ2v) is 10.1. The summed E-state index contributed by atoms with van der Waals surface area (Å²) in [4.78, 5) is 30.6. The van der Waals surface area contributed by atoms with Crippen molar-refractivity contribution < 1.29 is 9.59 Å². The molecule has 188 valence electrons. The van der Waals surface area contributed by atoms with Crippen LogP contribution in [-0.4, -0.2) is 35.3 Å². The van der Waals surface area contributed by atoms with Crippen molar-refractivity contribution in [3.05, 3.63) is 89.5 Å². The Bertz CT molecular complexity index is 1190. The standard InChI is InChI=1S/C31H37N3O2/c1-22(2)33(23(3)4)20-10-9-11-24-16-18-25(19-17-24)21-30(35)34-28-14-7-5-12-26(28)31(36)32-27-13-6-8-15-29(27)34/h5-8,12-19,22-23H,9-11,20-21H2,1-4H3,(H,32,36). The third kappa shape index (κ3) is 5.85. The van der Waals surface area contributed by atoms with E-state index in [1.807, 2.05) is 42.5 Å². The molecule has 3 aromatic rings. The number of aryl methyl sites for hydroxylation is 1. The molecule has 4 rings (SSSR count). The Kier molecular flexibility index (Phi) is 8.21. The van der Waals surface area contributed by atoms with Crippen LogP contribution in [0.25, 0.3) is 0 Å². The number of unbranched alkanes of at least 4 members (excludes halogenated alkanes) is 1. The van der Waals surface area contributed by atoms with Crippen molar-refractivity contribution in [1.82, 2.24) is 4.90 Å². The molecular formula is C31H37N3O2. The molecule has 1 aliphatic heterocycles. The number of benzene rings is 3. The molecule has 1 heterocycles. The van der Waals surface area contributed by atoms with Gasteiger partial charge in [-0.05, 0) is 88.9 Å². The summed E-state index contributed by atoms with van der Waals surface area (Å²) in [6.45, 7) is 10.2. The smallest absolute Gasteiger partial charge is 0.257 e. The van der Waals surface area contributed by atoms with E-state index < -0.39 is 0 Å². The third-order valence-corrected chi connectivity index (χ3v) is 6.87. The first-order valence-corrected chi connectivity index (χ1v) is 13.0. The van der Waals surface area contributed by atoms with Gasteiger partial charge in [0.15, 0.2) is 0 Å².